The molecule has 186 valence electrons. The van der Waals surface area contributed by atoms with E-state index in [2.05, 4.69) is 20.2 Å². The first-order valence-corrected chi connectivity index (χ1v) is 13.0. The monoisotopic (exact) mass is 526 g/mol. The molecule has 12 heteroatoms. The quantitative estimate of drug-likeness (QED) is 0.290. The Morgan fingerprint density at radius 1 is 0.972 bits per heavy atom. The van der Waals surface area contributed by atoms with E-state index < -0.39 is 10.0 Å². The Kier molecular flexibility index (Phi) is 7.76. The lowest BCUT2D eigenvalue weighted by Crippen LogP contribution is -2.14. The van der Waals surface area contributed by atoms with Crippen LogP contribution in [-0.4, -0.2) is 44.5 Å². The van der Waals surface area contributed by atoms with Crippen LogP contribution >= 0.6 is 11.8 Å². The molecule has 0 aliphatic carbocycles. The lowest BCUT2D eigenvalue weighted by Gasteiger charge is -2.11. The number of thioether (sulfide) groups is 1. The number of methoxy groups -OCH3 is 2. The van der Waals surface area contributed by atoms with Crippen LogP contribution in [0.1, 0.15) is 0 Å². The zero-order chi connectivity index (χ0) is 25.5. The second kappa shape index (κ2) is 11.1. The molecule has 0 spiro atoms. The van der Waals surface area contributed by atoms with Crippen molar-refractivity contribution in [3.05, 3.63) is 72.8 Å². The van der Waals surface area contributed by atoms with E-state index in [1.54, 1.807) is 60.7 Å². The van der Waals surface area contributed by atoms with E-state index in [9.17, 15) is 13.2 Å². The van der Waals surface area contributed by atoms with Crippen molar-refractivity contribution >= 4 is 39.1 Å². The number of anilines is 2. The highest BCUT2D eigenvalue weighted by atomic mass is 32.2. The number of hydrogen-bond donors (Lipinski definition) is 2. The summed E-state index contributed by atoms with van der Waals surface area (Å²) < 4.78 is 43.5. The highest BCUT2D eigenvalue weighted by molar-refractivity contribution is 7.99. The second-order valence-corrected chi connectivity index (χ2v) is 9.88. The van der Waals surface area contributed by atoms with E-state index in [0.717, 1.165) is 11.8 Å². The molecule has 1 heterocycles. The lowest BCUT2D eigenvalue weighted by atomic mass is 10.2. The summed E-state index contributed by atoms with van der Waals surface area (Å²) in [5.41, 5.74) is 1.47. The molecule has 0 bridgehead atoms. The molecule has 0 saturated heterocycles. The van der Waals surface area contributed by atoms with Crippen LogP contribution in [0.25, 0.3) is 11.5 Å². The maximum Gasteiger partial charge on any atom is 0.277 e. The normalized spacial score (nSPS) is 11.1. The van der Waals surface area contributed by atoms with Crippen LogP contribution in [0.2, 0.25) is 0 Å². The van der Waals surface area contributed by atoms with E-state index in [-0.39, 0.29) is 27.7 Å². The predicted molar refractivity (Wildman–Crippen MR) is 136 cm³/mol. The first kappa shape index (κ1) is 25.1. The number of carbonyl (C=O) groups is 1. The van der Waals surface area contributed by atoms with Gasteiger partial charge in [0, 0.05) is 17.3 Å². The molecular formula is C24H22N4O6S2. The van der Waals surface area contributed by atoms with E-state index in [1.165, 1.54) is 26.4 Å². The molecule has 1 amide bonds. The van der Waals surface area contributed by atoms with Crippen LogP contribution in [0.3, 0.4) is 0 Å². The minimum absolute atomic E-state index is 0.0300. The summed E-state index contributed by atoms with van der Waals surface area (Å²) in [5.74, 6) is 1.07. The Labute approximate surface area is 212 Å². The number of hydrogen-bond acceptors (Lipinski definition) is 9. The Bertz CT molecular complexity index is 1440. The van der Waals surface area contributed by atoms with Gasteiger partial charge in [0.2, 0.25) is 11.8 Å². The number of benzene rings is 3. The van der Waals surface area contributed by atoms with E-state index >= 15 is 0 Å². The van der Waals surface area contributed by atoms with Gasteiger partial charge >= 0.3 is 0 Å². The Morgan fingerprint density at radius 2 is 1.72 bits per heavy atom. The summed E-state index contributed by atoms with van der Waals surface area (Å²) in [5, 5.41) is 11.0. The number of sulfonamides is 1. The number of nitrogens with zero attached hydrogens (tertiary/aromatic N) is 2. The first-order chi connectivity index (χ1) is 17.4. The molecule has 0 fully saturated rings. The number of carbonyl (C=O) groups excluding carboxylic acids is 1. The van der Waals surface area contributed by atoms with Crippen molar-refractivity contribution in [3.63, 3.8) is 0 Å². The average molecular weight is 527 g/mol. The topological polar surface area (TPSA) is 133 Å². The van der Waals surface area contributed by atoms with Crippen molar-refractivity contribution in [2.75, 3.05) is 30.0 Å². The van der Waals surface area contributed by atoms with E-state index in [1.807, 2.05) is 0 Å². The standard InChI is InChI=1S/C24H22N4O6S2/c1-32-18-12-13-21(33-2)20(14-18)25-22(29)15-35-24-27-26-23(34-24)16-8-10-17(11-9-16)28-36(30,31)19-6-4-3-5-7-19/h3-14,28H,15H2,1-2H3,(H,25,29). The molecular weight excluding hydrogens is 504 g/mol. The zero-order valence-electron chi connectivity index (χ0n) is 19.3. The highest BCUT2D eigenvalue weighted by Crippen LogP contribution is 2.30. The van der Waals surface area contributed by atoms with Crippen molar-refractivity contribution in [1.29, 1.82) is 0 Å². The third kappa shape index (κ3) is 6.15. The van der Waals surface area contributed by atoms with Gasteiger partial charge in [-0.05, 0) is 48.5 Å². The van der Waals surface area contributed by atoms with E-state index in [4.69, 9.17) is 13.9 Å². The van der Waals surface area contributed by atoms with Gasteiger partial charge in [-0.2, -0.15) is 0 Å². The van der Waals surface area contributed by atoms with Crippen molar-refractivity contribution in [2.45, 2.75) is 10.1 Å². The summed E-state index contributed by atoms with van der Waals surface area (Å²) >= 11 is 1.08. The third-order valence-electron chi connectivity index (χ3n) is 4.85. The number of ether oxygens (including phenoxy) is 2. The van der Waals surface area contributed by atoms with Gasteiger partial charge in [0.25, 0.3) is 15.2 Å². The fraction of sp³-hybridized carbons (Fsp3) is 0.125. The molecule has 36 heavy (non-hydrogen) atoms. The molecule has 0 unspecified atom stereocenters. The van der Waals surface area contributed by atoms with Crippen LogP contribution in [0.15, 0.2) is 87.3 Å². The predicted octanol–water partition coefficient (Wildman–Crippen LogP) is 4.29. The van der Waals surface area contributed by atoms with Gasteiger partial charge in [0.05, 0.1) is 30.6 Å². The van der Waals surface area contributed by atoms with Crippen LogP contribution in [0.4, 0.5) is 11.4 Å². The van der Waals surface area contributed by atoms with Gasteiger partial charge in [0.15, 0.2) is 0 Å². The van der Waals surface area contributed by atoms with Gasteiger partial charge in [-0.3, -0.25) is 9.52 Å². The summed E-state index contributed by atoms with van der Waals surface area (Å²) in [4.78, 5) is 12.6. The molecule has 0 aliphatic rings. The Morgan fingerprint density at radius 3 is 2.42 bits per heavy atom. The summed E-state index contributed by atoms with van der Waals surface area (Å²) in [7, 11) is -0.645. The molecule has 4 rings (SSSR count). The highest BCUT2D eigenvalue weighted by Gasteiger charge is 2.15. The molecule has 0 radical (unpaired) electrons. The number of aromatic nitrogens is 2. The number of rotatable bonds is 10. The van der Waals surface area contributed by atoms with Crippen LogP contribution < -0.4 is 19.5 Å². The minimum atomic E-state index is -3.69. The molecule has 2 N–H and O–H groups in total. The van der Waals surface area contributed by atoms with Crippen molar-refractivity contribution < 1.29 is 27.1 Å². The van der Waals surface area contributed by atoms with Gasteiger partial charge < -0.3 is 19.2 Å². The smallest absolute Gasteiger partial charge is 0.277 e. The summed E-state index contributed by atoms with van der Waals surface area (Å²) in [6.45, 7) is 0. The van der Waals surface area contributed by atoms with Gasteiger partial charge in [-0.25, -0.2) is 8.42 Å². The zero-order valence-corrected chi connectivity index (χ0v) is 20.9. The first-order valence-electron chi connectivity index (χ1n) is 10.5. The molecule has 0 atom stereocenters. The van der Waals surface area contributed by atoms with Gasteiger partial charge in [0.1, 0.15) is 11.5 Å². The molecule has 10 nitrogen and oxygen atoms in total. The fourth-order valence-corrected chi connectivity index (χ4v) is 4.75. The molecule has 1 aromatic heterocycles. The molecule has 4 aromatic rings. The summed E-state index contributed by atoms with van der Waals surface area (Å²) in [6.07, 6.45) is 0. The SMILES string of the molecule is COc1ccc(OC)c(NC(=O)CSc2nnc(-c3ccc(NS(=O)(=O)c4ccccc4)cc3)o2)c1. The fourth-order valence-electron chi connectivity index (χ4n) is 3.10. The number of nitrogens with one attached hydrogen (secondary N) is 2. The average Bonchev–Trinajstić information content (AvgIpc) is 3.37. The Hall–Kier alpha value is -4.03. The van der Waals surface area contributed by atoms with Gasteiger partial charge in [-0.1, -0.05) is 30.0 Å². The summed E-state index contributed by atoms with van der Waals surface area (Å²) in [6, 6.07) is 19.7. The number of amides is 1. The maximum atomic E-state index is 12.5. The van der Waals surface area contributed by atoms with Gasteiger partial charge in [-0.15, -0.1) is 10.2 Å². The van der Waals surface area contributed by atoms with Crippen molar-refractivity contribution in [1.82, 2.24) is 10.2 Å². The van der Waals surface area contributed by atoms with Crippen LogP contribution in [-0.2, 0) is 14.8 Å². The minimum Gasteiger partial charge on any atom is -0.497 e. The maximum absolute atomic E-state index is 12.5. The lowest BCUT2D eigenvalue weighted by molar-refractivity contribution is -0.113. The third-order valence-corrected chi connectivity index (χ3v) is 7.07. The van der Waals surface area contributed by atoms with Crippen molar-refractivity contribution in [2.24, 2.45) is 0 Å². The molecule has 3 aromatic carbocycles. The Balaban J connectivity index is 1.35. The van der Waals surface area contributed by atoms with E-state index in [0.29, 0.717) is 28.4 Å². The second-order valence-electron chi connectivity index (χ2n) is 7.27. The van der Waals surface area contributed by atoms with Crippen LogP contribution in [0, 0.1) is 0 Å². The largest absolute Gasteiger partial charge is 0.497 e. The molecule has 0 aliphatic heterocycles. The van der Waals surface area contributed by atoms with Crippen LogP contribution in [0.5, 0.6) is 11.5 Å². The van der Waals surface area contributed by atoms with Crippen molar-refractivity contribution in [3.8, 4) is 23.0 Å². The molecule has 0 saturated carbocycles.